The summed E-state index contributed by atoms with van der Waals surface area (Å²) in [5.74, 6) is 0.710. The summed E-state index contributed by atoms with van der Waals surface area (Å²) in [7, 11) is 1.62. The number of hydrogen-bond donors (Lipinski definition) is 2. The number of carbonyl (C=O) groups excluding carboxylic acids is 1. The maximum atomic E-state index is 12.2. The van der Waals surface area contributed by atoms with Crippen LogP contribution in [0.15, 0.2) is 18.2 Å². The average Bonchev–Trinajstić information content (AvgIpc) is 2.41. The number of nitrogens with two attached hydrogens (primary N) is 1. The van der Waals surface area contributed by atoms with Crippen LogP contribution in [0.5, 0.6) is 5.75 Å². The van der Waals surface area contributed by atoms with E-state index < -0.39 is 11.7 Å². The van der Waals surface area contributed by atoms with Crippen LogP contribution in [-0.2, 0) is 10.2 Å². The van der Waals surface area contributed by atoms with Crippen molar-refractivity contribution in [3.05, 3.63) is 23.8 Å². The molecule has 0 saturated heterocycles. The minimum Gasteiger partial charge on any atom is -0.497 e. The van der Waals surface area contributed by atoms with Crippen LogP contribution in [0, 0.1) is 0 Å². The van der Waals surface area contributed by atoms with Crippen molar-refractivity contribution in [3.8, 4) is 5.75 Å². The second-order valence-corrected chi connectivity index (χ2v) is 7.21. The molecule has 0 aliphatic heterocycles. The number of benzene rings is 1. The smallest absolute Gasteiger partial charge is 0.412 e. The molecule has 0 atom stereocenters. The molecule has 0 unspecified atom stereocenters. The van der Waals surface area contributed by atoms with E-state index in [1.807, 2.05) is 39.0 Å². The van der Waals surface area contributed by atoms with E-state index in [1.54, 1.807) is 7.11 Å². The van der Waals surface area contributed by atoms with Crippen LogP contribution in [0.2, 0.25) is 0 Å². The molecule has 3 N–H and O–H groups in total. The quantitative estimate of drug-likeness (QED) is 0.865. The Balaban J connectivity index is 2.30. The number of nitrogens with one attached hydrogen (secondary N) is 1. The topological polar surface area (TPSA) is 73.6 Å². The molecule has 0 radical (unpaired) electrons. The van der Waals surface area contributed by atoms with E-state index in [4.69, 9.17) is 15.2 Å². The van der Waals surface area contributed by atoms with Crippen LogP contribution >= 0.6 is 0 Å². The molecule has 0 heterocycles. The summed E-state index contributed by atoms with van der Waals surface area (Å²) < 4.78 is 10.7. The van der Waals surface area contributed by atoms with Gasteiger partial charge in [0, 0.05) is 6.07 Å². The minimum absolute atomic E-state index is 0.0609. The lowest BCUT2D eigenvalue weighted by Crippen LogP contribution is -2.37. The third-order valence-corrected chi connectivity index (χ3v) is 4.37. The van der Waals surface area contributed by atoms with Gasteiger partial charge < -0.3 is 15.2 Å². The lowest BCUT2D eigenvalue weighted by atomic mass is 9.62. The van der Waals surface area contributed by atoms with Crippen LogP contribution in [0.25, 0.3) is 0 Å². The predicted octanol–water partition coefficient (Wildman–Crippen LogP) is 3.81. The van der Waals surface area contributed by atoms with Gasteiger partial charge in [-0.3, -0.25) is 5.32 Å². The summed E-state index contributed by atoms with van der Waals surface area (Å²) in [5, 5.41) is 2.89. The minimum atomic E-state index is -0.533. The maximum Gasteiger partial charge on any atom is 0.412 e. The predicted molar refractivity (Wildman–Crippen MR) is 92.1 cm³/mol. The van der Waals surface area contributed by atoms with E-state index >= 15 is 0 Å². The normalized spacial score (nSPS) is 16.4. The van der Waals surface area contributed by atoms with Crippen molar-refractivity contribution in [1.29, 1.82) is 0 Å². The van der Waals surface area contributed by atoms with Gasteiger partial charge in [0.1, 0.15) is 11.4 Å². The number of carbonyl (C=O) groups is 1. The average molecular weight is 320 g/mol. The number of rotatable bonds is 5. The fraction of sp³-hybridized carbons (Fsp3) is 0.611. The molecule has 1 fully saturated rings. The van der Waals surface area contributed by atoms with Crippen LogP contribution in [0.3, 0.4) is 0 Å². The van der Waals surface area contributed by atoms with Crippen LogP contribution in [0.4, 0.5) is 10.5 Å². The Kier molecular flexibility index (Phi) is 5.19. The van der Waals surface area contributed by atoms with Gasteiger partial charge in [0.25, 0.3) is 0 Å². The molecule has 0 bridgehead atoms. The highest BCUT2D eigenvalue weighted by atomic mass is 16.6. The summed E-state index contributed by atoms with van der Waals surface area (Å²) in [6.07, 6.45) is 3.86. The Morgan fingerprint density at radius 2 is 2.04 bits per heavy atom. The van der Waals surface area contributed by atoms with Gasteiger partial charge in [-0.2, -0.15) is 0 Å². The molecule has 1 aliphatic carbocycles. The molecule has 23 heavy (non-hydrogen) atoms. The molecule has 128 valence electrons. The van der Waals surface area contributed by atoms with Crippen LogP contribution in [-0.4, -0.2) is 25.3 Å². The zero-order valence-corrected chi connectivity index (χ0v) is 14.6. The van der Waals surface area contributed by atoms with E-state index in [0.717, 1.165) is 30.5 Å². The van der Waals surface area contributed by atoms with Crippen molar-refractivity contribution in [2.75, 3.05) is 19.0 Å². The fourth-order valence-corrected chi connectivity index (χ4v) is 3.16. The molecule has 5 heteroatoms. The highest BCUT2D eigenvalue weighted by Crippen LogP contribution is 2.49. The molecule has 1 amide bonds. The molecule has 1 aliphatic rings. The first-order chi connectivity index (χ1) is 10.8. The largest absolute Gasteiger partial charge is 0.497 e. The number of hydrogen-bond acceptors (Lipinski definition) is 4. The van der Waals surface area contributed by atoms with Crippen LogP contribution < -0.4 is 15.8 Å². The molecule has 1 aromatic carbocycles. The Hall–Kier alpha value is -1.75. The number of amides is 1. The van der Waals surface area contributed by atoms with Crippen molar-refractivity contribution >= 4 is 11.8 Å². The standard InChI is InChI=1S/C18H28N2O3/c1-17(2,3)23-16(21)20-15-12-13(22-4)6-7-14(15)18(10-11-19)8-5-9-18/h6-7,12H,5,8-11,19H2,1-4H3,(H,20,21). The van der Waals surface area contributed by atoms with E-state index in [-0.39, 0.29) is 5.41 Å². The van der Waals surface area contributed by atoms with Crippen molar-refractivity contribution in [2.24, 2.45) is 5.73 Å². The van der Waals surface area contributed by atoms with Crippen LogP contribution in [0.1, 0.15) is 52.0 Å². The second-order valence-electron chi connectivity index (χ2n) is 7.21. The molecule has 1 saturated carbocycles. The highest BCUT2D eigenvalue weighted by Gasteiger charge is 2.39. The summed E-state index contributed by atoms with van der Waals surface area (Å²) in [6.45, 7) is 6.18. The Bertz CT molecular complexity index is 560. The van der Waals surface area contributed by atoms with Gasteiger partial charge in [-0.05, 0) is 63.6 Å². The van der Waals surface area contributed by atoms with Crippen molar-refractivity contribution in [1.82, 2.24) is 0 Å². The Labute approximate surface area is 138 Å². The first-order valence-corrected chi connectivity index (χ1v) is 8.18. The first-order valence-electron chi connectivity index (χ1n) is 8.18. The van der Waals surface area contributed by atoms with E-state index in [0.29, 0.717) is 12.3 Å². The monoisotopic (exact) mass is 320 g/mol. The van der Waals surface area contributed by atoms with Crippen molar-refractivity contribution in [2.45, 2.75) is 57.5 Å². The third kappa shape index (κ3) is 4.16. The van der Waals surface area contributed by atoms with Gasteiger partial charge in [-0.25, -0.2) is 4.79 Å². The van der Waals surface area contributed by atoms with Gasteiger partial charge in [0.2, 0.25) is 0 Å². The molecule has 0 aromatic heterocycles. The summed E-state index contributed by atoms with van der Waals surface area (Å²) >= 11 is 0. The molecular weight excluding hydrogens is 292 g/mol. The second kappa shape index (κ2) is 6.79. The van der Waals surface area contributed by atoms with E-state index in [2.05, 4.69) is 5.32 Å². The van der Waals surface area contributed by atoms with E-state index in [1.165, 1.54) is 6.42 Å². The Morgan fingerprint density at radius 1 is 1.35 bits per heavy atom. The van der Waals surface area contributed by atoms with Crippen molar-refractivity contribution < 1.29 is 14.3 Å². The molecule has 5 nitrogen and oxygen atoms in total. The van der Waals surface area contributed by atoms with Gasteiger partial charge in [-0.15, -0.1) is 0 Å². The first kappa shape index (κ1) is 17.6. The SMILES string of the molecule is COc1ccc(C2(CCN)CCC2)c(NC(=O)OC(C)(C)C)c1. The number of anilines is 1. The van der Waals surface area contributed by atoms with Gasteiger partial charge in [-0.1, -0.05) is 12.5 Å². The van der Waals surface area contributed by atoms with Gasteiger partial charge in [0.05, 0.1) is 12.8 Å². The lowest BCUT2D eigenvalue weighted by molar-refractivity contribution is 0.0635. The molecular formula is C18H28N2O3. The molecule has 1 aromatic rings. The maximum absolute atomic E-state index is 12.2. The zero-order chi connectivity index (χ0) is 17.1. The van der Waals surface area contributed by atoms with Gasteiger partial charge in [0.15, 0.2) is 0 Å². The molecule has 2 rings (SSSR count). The fourth-order valence-electron chi connectivity index (χ4n) is 3.16. The summed E-state index contributed by atoms with van der Waals surface area (Å²) in [6, 6.07) is 5.84. The van der Waals surface area contributed by atoms with Crippen molar-refractivity contribution in [3.63, 3.8) is 0 Å². The Morgan fingerprint density at radius 3 is 2.52 bits per heavy atom. The summed E-state index contributed by atoms with van der Waals surface area (Å²) in [5.41, 5.74) is 7.23. The lowest BCUT2D eigenvalue weighted by Gasteiger charge is -2.43. The number of methoxy groups -OCH3 is 1. The number of ether oxygens (including phenoxy) is 2. The summed E-state index contributed by atoms with van der Waals surface area (Å²) in [4.78, 5) is 12.2. The third-order valence-electron chi connectivity index (χ3n) is 4.37. The highest BCUT2D eigenvalue weighted by molar-refractivity contribution is 5.86. The van der Waals surface area contributed by atoms with E-state index in [9.17, 15) is 4.79 Å². The zero-order valence-electron chi connectivity index (χ0n) is 14.6. The molecule has 0 spiro atoms. The van der Waals surface area contributed by atoms with Gasteiger partial charge >= 0.3 is 6.09 Å².